The molecule has 39 heavy (non-hydrogen) atoms. The Hall–Kier alpha value is -1.48. The number of hydrogen-bond acceptors (Lipinski definition) is 6. The molecule has 7 nitrogen and oxygen atoms in total. The highest BCUT2D eigenvalue weighted by molar-refractivity contribution is 7.89. The molecule has 0 atom stereocenters. The maximum atomic E-state index is 13.3. The van der Waals surface area contributed by atoms with E-state index >= 15 is 0 Å². The van der Waals surface area contributed by atoms with Gasteiger partial charge in [-0.25, -0.2) is 12.7 Å². The normalized spacial score (nSPS) is 24.8. The number of sulfonamides is 1. The lowest BCUT2D eigenvalue weighted by Gasteiger charge is -2.43. The monoisotopic (exact) mass is 561 g/mol. The molecular formula is C31H51N3O4S. The summed E-state index contributed by atoms with van der Waals surface area (Å²) in [7, 11) is 1.73. The summed E-state index contributed by atoms with van der Waals surface area (Å²) in [6, 6.07) is 4.17. The van der Waals surface area contributed by atoms with E-state index in [9.17, 15) is 13.2 Å². The van der Waals surface area contributed by atoms with Crippen LogP contribution in [0.1, 0.15) is 75.3 Å². The molecule has 0 radical (unpaired) electrons. The van der Waals surface area contributed by atoms with Crippen molar-refractivity contribution in [3.8, 4) is 5.75 Å². The van der Waals surface area contributed by atoms with Crippen LogP contribution >= 0.6 is 0 Å². The van der Waals surface area contributed by atoms with Gasteiger partial charge in [0, 0.05) is 32.5 Å². The zero-order valence-corrected chi connectivity index (χ0v) is 25.8. The summed E-state index contributed by atoms with van der Waals surface area (Å²) in [5.74, 6) is 3.13. The number of nitrogens with zero attached hydrogens (tertiary/aromatic N) is 3. The van der Waals surface area contributed by atoms with Gasteiger partial charge in [0.2, 0.25) is 10.0 Å². The second kappa shape index (κ2) is 13.5. The topological polar surface area (TPSA) is 70.2 Å². The van der Waals surface area contributed by atoms with E-state index in [2.05, 4.69) is 16.8 Å². The smallest absolute Gasteiger partial charge is 0.243 e. The highest BCUT2D eigenvalue weighted by atomic mass is 32.2. The van der Waals surface area contributed by atoms with Crippen LogP contribution in [0.25, 0.3) is 0 Å². The fraction of sp³-hybridized carbons (Fsp3) is 0.774. The lowest BCUT2D eigenvalue weighted by atomic mass is 9.77. The van der Waals surface area contributed by atoms with Crippen LogP contribution in [0.4, 0.5) is 0 Å². The molecule has 4 rings (SSSR count). The van der Waals surface area contributed by atoms with Gasteiger partial charge >= 0.3 is 0 Å². The Balaban J connectivity index is 1.18. The van der Waals surface area contributed by atoms with Crippen molar-refractivity contribution in [1.29, 1.82) is 0 Å². The van der Waals surface area contributed by atoms with Crippen molar-refractivity contribution in [3.63, 3.8) is 0 Å². The van der Waals surface area contributed by atoms with E-state index in [1.165, 1.54) is 69.0 Å². The molecule has 2 saturated heterocycles. The van der Waals surface area contributed by atoms with Crippen molar-refractivity contribution >= 4 is 15.8 Å². The molecule has 8 heteroatoms. The third-order valence-electron chi connectivity index (χ3n) is 9.90. The van der Waals surface area contributed by atoms with Crippen LogP contribution < -0.4 is 4.74 Å². The highest BCUT2D eigenvalue weighted by Crippen LogP contribution is 2.36. The van der Waals surface area contributed by atoms with Gasteiger partial charge in [0.05, 0.1) is 12.0 Å². The molecule has 0 bridgehead atoms. The third-order valence-corrected chi connectivity index (χ3v) is 12.1. The SMILES string of the molecule is COc1cc(C)c(S(=O)(=O)N(C)CCC(=O)CC2CCC(N3CCC(C4CCN(C)CC4)CC3)CC2)c(C)c1. The summed E-state index contributed by atoms with van der Waals surface area (Å²) in [5.41, 5.74) is 1.32. The molecule has 0 aromatic heterocycles. The number of piperidine rings is 2. The van der Waals surface area contributed by atoms with Crippen molar-refractivity contribution in [3.05, 3.63) is 23.3 Å². The number of carbonyl (C=O) groups is 1. The van der Waals surface area contributed by atoms with Gasteiger partial charge in [-0.05, 0) is 139 Å². The molecule has 0 spiro atoms. The molecule has 3 aliphatic rings. The predicted octanol–water partition coefficient (Wildman–Crippen LogP) is 4.89. The second-order valence-electron chi connectivity index (χ2n) is 12.6. The first-order valence-electron chi connectivity index (χ1n) is 15.1. The molecule has 2 aliphatic heterocycles. The number of ether oxygens (including phenoxy) is 1. The molecule has 1 saturated carbocycles. The maximum Gasteiger partial charge on any atom is 0.243 e. The predicted molar refractivity (Wildman–Crippen MR) is 157 cm³/mol. The molecular weight excluding hydrogens is 510 g/mol. The fourth-order valence-electron chi connectivity index (χ4n) is 7.39. The quantitative estimate of drug-likeness (QED) is 0.405. The Morgan fingerprint density at radius 3 is 2.00 bits per heavy atom. The Kier molecular flexibility index (Phi) is 10.5. The van der Waals surface area contributed by atoms with Gasteiger partial charge in [-0.1, -0.05) is 0 Å². The minimum atomic E-state index is -3.67. The fourth-order valence-corrected chi connectivity index (χ4v) is 8.96. The zero-order chi connectivity index (χ0) is 28.2. The molecule has 0 amide bonds. The number of methoxy groups -OCH3 is 1. The van der Waals surface area contributed by atoms with Gasteiger partial charge in [-0.3, -0.25) is 4.79 Å². The van der Waals surface area contributed by atoms with E-state index in [1.54, 1.807) is 40.1 Å². The van der Waals surface area contributed by atoms with Crippen LogP contribution in [0.2, 0.25) is 0 Å². The van der Waals surface area contributed by atoms with Crippen LogP contribution in [0.5, 0.6) is 5.75 Å². The van der Waals surface area contributed by atoms with Crippen molar-refractivity contribution in [1.82, 2.24) is 14.1 Å². The van der Waals surface area contributed by atoms with E-state index in [1.807, 2.05) is 0 Å². The first-order valence-corrected chi connectivity index (χ1v) is 16.6. The average Bonchev–Trinajstić information content (AvgIpc) is 2.92. The van der Waals surface area contributed by atoms with Crippen molar-refractivity contribution in [2.24, 2.45) is 17.8 Å². The molecule has 0 unspecified atom stereocenters. The van der Waals surface area contributed by atoms with Crippen molar-refractivity contribution in [2.45, 2.75) is 89.0 Å². The summed E-state index contributed by atoms with van der Waals surface area (Å²) < 4.78 is 33.1. The van der Waals surface area contributed by atoms with Crippen molar-refractivity contribution in [2.75, 3.05) is 53.9 Å². The van der Waals surface area contributed by atoms with Gasteiger partial charge in [0.25, 0.3) is 0 Å². The van der Waals surface area contributed by atoms with E-state index in [4.69, 9.17) is 4.74 Å². The van der Waals surface area contributed by atoms with Crippen LogP contribution in [0, 0.1) is 31.6 Å². The number of benzene rings is 1. The van der Waals surface area contributed by atoms with E-state index in [0.29, 0.717) is 40.2 Å². The Morgan fingerprint density at radius 2 is 1.46 bits per heavy atom. The van der Waals surface area contributed by atoms with E-state index in [0.717, 1.165) is 24.7 Å². The van der Waals surface area contributed by atoms with E-state index < -0.39 is 10.0 Å². The lowest BCUT2D eigenvalue weighted by Crippen LogP contribution is -2.45. The Bertz CT molecular complexity index is 1040. The first-order chi connectivity index (χ1) is 18.6. The molecule has 0 N–H and O–H groups in total. The summed E-state index contributed by atoms with van der Waals surface area (Å²) in [6.45, 7) is 8.82. The van der Waals surface area contributed by atoms with Crippen LogP contribution in [-0.2, 0) is 14.8 Å². The van der Waals surface area contributed by atoms with Crippen LogP contribution in [-0.4, -0.2) is 88.3 Å². The molecule has 1 aromatic rings. The number of hydrogen-bond donors (Lipinski definition) is 0. The number of aryl methyl sites for hydroxylation is 2. The largest absolute Gasteiger partial charge is 0.497 e. The molecule has 1 aliphatic carbocycles. The minimum Gasteiger partial charge on any atom is -0.497 e. The summed E-state index contributed by atoms with van der Waals surface area (Å²) in [5, 5.41) is 0. The Labute approximate surface area is 237 Å². The zero-order valence-electron chi connectivity index (χ0n) is 25.0. The summed E-state index contributed by atoms with van der Waals surface area (Å²) in [4.78, 5) is 18.4. The molecule has 1 aromatic carbocycles. The molecule has 2 heterocycles. The summed E-state index contributed by atoms with van der Waals surface area (Å²) >= 11 is 0. The number of carbonyl (C=O) groups excluding carboxylic acids is 1. The number of likely N-dealkylation sites (tertiary alicyclic amines) is 2. The van der Waals surface area contributed by atoms with Gasteiger partial charge < -0.3 is 14.5 Å². The molecule has 3 fully saturated rings. The molecule has 220 valence electrons. The van der Waals surface area contributed by atoms with Crippen molar-refractivity contribution < 1.29 is 17.9 Å². The third kappa shape index (κ3) is 7.63. The Morgan fingerprint density at radius 1 is 0.923 bits per heavy atom. The first kappa shape index (κ1) is 30.5. The standard InChI is InChI=1S/C31H51N3O4S/c1-23-20-30(38-5)21-24(2)31(23)39(36,37)33(4)17-14-29(35)22-25-6-8-28(9-7-25)34-18-12-27(13-19-34)26-10-15-32(3)16-11-26/h20-21,25-28H,6-19,22H2,1-5H3. The van der Waals surface area contributed by atoms with Gasteiger partial charge in [-0.2, -0.15) is 0 Å². The van der Waals surface area contributed by atoms with Gasteiger partial charge in [-0.15, -0.1) is 0 Å². The van der Waals surface area contributed by atoms with Gasteiger partial charge in [0.15, 0.2) is 0 Å². The van der Waals surface area contributed by atoms with E-state index in [-0.39, 0.29) is 18.7 Å². The number of ketones is 1. The minimum absolute atomic E-state index is 0.183. The lowest BCUT2D eigenvalue weighted by molar-refractivity contribution is -0.120. The maximum absolute atomic E-state index is 13.3. The number of Topliss-reactive ketones (excluding diaryl/α,β-unsaturated/α-hetero) is 1. The van der Waals surface area contributed by atoms with Gasteiger partial charge in [0.1, 0.15) is 11.5 Å². The highest BCUT2D eigenvalue weighted by Gasteiger charge is 2.33. The van der Waals surface area contributed by atoms with Crippen LogP contribution in [0.15, 0.2) is 17.0 Å². The number of rotatable bonds is 10. The second-order valence-corrected chi connectivity index (χ2v) is 14.6. The summed E-state index contributed by atoms with van der Waals surface area (Å²) in [6.07, 6.45) is 11.0. The van der Waals surface area contributed by atoms with Crippen LogP contribution in [0.3, 0.4) is 0 Å². The average molecular weight is 562 g/mol.